The molecule has 0 saturated carbocycles. The fraction of sp³-hybridized carbons (Fsp3) is 0.417. The van der Waals surface area contributed by atoms with Crippen LogP contribution in [0.25, 0.3) is 0 Å². The van der Waals surface area contributed by atoms with Crippen LogP contribution in [0.4, 0.5) is 4.39 Å². The quantitative estimate of drug-likeness (QED) is 0.456. The van der Waals surface area contributed by atoms with Crippen molar-refractivity contribution in [1.82, 2.24) is 0 Å². The van der Waals surface area contributed by atoms with Gasteiger partial charge in [0.05, 0.1) is 0 Å². The number of rotatable bonds is 6. The summed E-state index contributed by atoms with van der Waals surface area (Å²) in [6.45, 7) is 2.15. The monoisotopic (exact) mass is 240 g/mol. The maximum absolute atomic E-state index is 13.0. The molecule has 0 unspecified atom stereocenters. The highest BCUT2D eigenvalue weighted by molar-refractivity contribution is 7.98. The Labute approximate surface area is 99.9 Å². The first-order valence-corrected chi connectivity index (χ1v) is 6.51. The molecule has 3 N–H and O–H groups in total. The van der Waals surface area contributed by atoms with Gasteiger partial charge in [-0.15, -0.1) is 0 Å². The summed E-state index contributed by atoms with van der Waals surface area (Å²) in [5.41, 5.74) is 6.88. The summed E-state index contributed by atoms with van der Waals surface area (Å²) in [6.07, 6.45) is 2.36. The molecule has 0 aliphatic heterocycles. The molecule has 1 aromatic carbocycles. The van der Waals surface area contributed by atoms with E-state index in [2.05, 4.69) is 6.92 Å². The summed E-state index contributed by atoms with van der Waals surface area (Å²) in [7, 11) is 0. The fourth-order valence-electron chi connectivity index (χ4n) is 1.35. The molecule has 0 aromatic heterocycles. The van der Waals surface area contributed by atoms with Gasteiger partial charge >= 0.3 is 0 Å². The third-order valence-electron chi connectivity index (χ3n) is 2.26. The molecule has 0 amide bonds. The lowest BCUT2D eigenvalue weighted by Crippen LogP contribution is -2.14. The van der Waals surface area contributed by atoms with Crippen LogP contribution in [0.3, 0.4) is 0 Å². The zero-order chi connectivity index (χ0) is 12.0. The largest absolute Gasteiger partial charge is 0.384 e. The van der Waals surface area contributed by atoms with Gasteiger partial charge in [-0.1, -0.05) is 19.4 Å². The minimum Gasteiger partial charge on any atom is -0.384 e. The molecule has 0 saturated heterocycles. The maximum atomic E-state index is 13.0. The summed E-state index contributed by atoms with van der Waals surface area (Å²) in [5.74, 6) is 1.47. The molecule has 0 atom stereocenters. The lowest BCUT2D eigenvalue weighted by molar-refractivity contribution is 0.627. The number of halogens is 1. The van der Waals surface area contributed by atoms with Crippen LogP contribution in [-0.4, -0.2) is 11.6 Å². The van der Waals surface area contributed by atoms with Gasteiger partial charge in [0.25, 0.3) is 0 Å². The molecule has 4 heteroatoms. The average molecular weight is 240 g/mol. The van der Waals surface area contributed by atoms with E-state index in [0.29, 0.717) is 5.56 Å². The Hall–Kier alpha value is -1.03. The lowest BCUT2D eigenvalue weighted by atomic mass is 10.1. The second-order valence-electron chi connectivity index (χ2n) is 3.62. The number of thioether (sulfide) groups is 1. The molecule has 88 valence electrons. The molecule has 1 rings (SSSR count). The molecule has 0 bridgehead atoms. The SMILES string of the molecule is CCCCSCc1ccc(F)cc1C(=N)N. The van der Waals surface area contributed by atoms with Crippen LogP contribution in [0.15, 0.2) is 18.2 Å². The molecule has 0 aliphatic rings. The van der Waals surface area contributed by atoms with Gasteiger partial charge in [0.2, 0.25) is 0 Å². The number of nitrogens with two attached hydrogens (primary N) is 1. The van der Waals surface area contributed by atoms with E-state index in [4.69, 9.17) is 11.1 Å². The van der Waals surface area contributed by atoms with E-state index in [-0.39, 0.29) is 11.7 Å². The molecule has 16 heavy (non-hydrogen) atoms. The van der Waals surface area contributed by atoms with Crippen LogP contribution < -0.4 is 5.73 Å². The number of nitrogen functional groups attached to an aromatic ring is 1. The number of hydrogen-bond acceptors (Lipinski definition) is 2. The van der Waals surface area contributed by atoms with E-state index in [1.165, 1.54) is 25.0 Å². The van der Waals surface area contributed by atoms with Gasteiger partial charge in [-0.3, -0.25) is 5.41 Å². The molecule has 0 aliphatic carbocycles. The Morgan fingerprint density at radius 2 is 2.25 bits per heavy atom. The van der Waals surface area contributed by atoms with E-state index in [1.54, 1.807) is 17.8 Å². The van der Waals surface area contributed by atoms with E-state index < -0.39 is 0 Å². The smallest absolute Gasteiger partial charge is 0.123 e. The lowest BCUT2D eigenvalue weighted by Gasteiger charge is -2.08. The Bertz CT molecular complexity index is 366. The number of hydrogen-bond donors (Lipinski definition) is 2. The topological polar surface area (TPSA) is 49.9 Å². The fourth-order valence-corrected chi connectivity index (χ4v) is 2.46. The van der Waals surface area contributed by atoms with Gasteiger partial charge < -0.3 is 5.73 Å². The summed E-state index contributed by atoms with van der Waals surface area (Å²) in [4.78, 5) is 0. The normalized spacial score (nSPS) is 10.4. The van der Waals surface area contributed by atoms with E-state index in [0.717, 1.165) is 17.1 Å². The van der Waals surface area contributed by atoms with E-state index in [1.807, 2.05) is 0 Å². The van der Waals surface area contributed by atoms with Crippen molar-refractivity contribution in [3.63, 3.8) is 0 Å². The van der Waals surface area contributed by atoms with Crippen LogP contribution in [-0.2, 0) is 5.75 Å². The Morgan fingerprint density at radius 3 is 2.88 bits per heavy atom. The number of amidine groups is 1. The number of unbranched alkanes of at least 4 members (excludes halogenated alkanes) is 1. The van der Waals surface area contributed by atoms with E-state index >= 15 is 0 Å². The second-order valence-corrected chi connectivity index (χ2v) is 4.73. The molecular weight excluding hydrogens is 223 g/mol. The zero-order valence-corrected chi connectivity index (χ0v) is 10.2. The number of nitrogens with one attached hydrogen (secondary N) is 1. The highest BCUT2D eigenvalue weighted by Crippen LogP contribution is 2.18. The predicted molar refractivity (Wildman–Crippen MR) is 68.5 cm³/mol. The first-order valence-electron chi connectivity index (χ1n) is 5.35. The third kappa shape index (κ3) is 3.85. The summed E-state index contributed by atoms with van der Waals surface area (Å²) >= 11 is 1.79. The molecule has 0 radical (unpaired) electrons. The van der Waals surface area contributed by atoms with Crippen molar-refractivity contribution in [3.05, 3.63) is 35.1 Å². The highest BCUT2D eigenvalue weighted by Gasteiger charge is 2.06. The summed E-state index contributed by atoms with van der Waals surface area (Å²) in [6, 6.07) is 4.46. The Balaban J connectivity index is 2.67. The van der Waals surface area contributed by atoms with Gasteiger partial charge in [0.1, 0.15) is 11.7 Å². The van der Waals surface area contributed by atoms with Crippen LogP contribution in [0.5, 0.6) is 0 Å². The van der Waals surface area contributed by atoms with Gasteiger partial charge in [0.15, 0.2) is 0 Å². The Kier molecular flexibility index (Phi) is 5.32. The molecular formula is C12H17FN2S. The predicted octanol–water partition coefficient (Wildman–Crippen LogP) is 3.14. The standard InChI is InChI=1S/C12H17FN2S/c1-2-3-6-16-8-9-4-5-10(13)7-11(9)12(14)15/h4-5,7H,2-3,6,8H2,1H3,(H3,14,15). The summed E-state index contributed by atoms with van der Waals surface area (Å²) in [5, 5.41) is 7.39. The van der Waals surface area contributed by atoms with Gasteiger partial charge in [-0.05, 0) is 29.9 Å². The molecule has 2 nitrogen and oxygen atoms in total. The van der Waals surface area contributed by atoms with Gasteiger partial charge in [-0.2, -0.15) is 11.8 Å². The minimum absolute atomic E-state index is 0.0643. The summed E-state index contributed by atoms with van der Waals surface area (Å²) < 4.78 is 13.0. The first-order chi connectivity index (χ1) is 7.65. The average Bonchev–Trinajstić information content (AvgIpc) is 2.26. The van der Waals surface area contributed by atoms with Crippen molar-refractivity contribution in [2.75, 3.05) is 5.75 Å². The second kappa shape index (κ2) is 6.53. The highest BCUT2D eigenvalue weighted by atomic mass is 32.2. The van der Waals surface area contributed by atoms with E-state index in [9.17, 15) is 4.39 Å². The maximum Gasteiger partial charge on any atom is 0.123 e. The van der Waals surface area contributed by atoms with Crippen molar-refractivity contribution in [3.8, 4) is 0 Å². The van der Waals surface area contributed by atoms with Crippen molar-refractivity contribution in [2.24, 2.45) is 5.73 Å². The van der Waals surface area contributed by atoms with Gasteiger partial charge in [0, 0.05) is 11.3 Å². The molecule has 0 spiro atoms. The first kappa shape index (κ1) is 13.0. The van der Waals surface area contributed by atoms with Crippen molar-refractivity contribution >= 4 is 17.6 Å². The van der Waals surface area contributed by atoms with Crippen LogP contribution in [0.2, 0.25) is 0 Å². The number of benzene rings is 1. The van der Waals surface area contributed by atoms with Crippen LogP contribution in [0, 0.1) is 11.2 Å². The van der Waals surface area contributed by atoms with Crippen LogP contribution >= 0.6 is 11.8 Å². The molecule has 0 heterocycles. The molecule has 0 fully saturated rings. The van der Waals surface area contributed by atoms with Crippen LogP contribution in [0.1, 0.15) is 30.9 Å². The third-order valence-corrected chi connectivity index (χ3v) is 3.35. The van der Waals surface area contributed by atoms with Crippen molar-refractivity contribution in [1.29, 1.82) is 5.41 Å². The zero-order valence-electron chi connectivity index (χ0n) is 9.42. The Morgan fingerprint density at radius 1 is 1.50 bits per heavy atom. The van der Waals surface area contributed by atoms with Crippen molar-refractivity contribution < 1.29 is 4.39 Å². The molecule has 1 aromatic rings. The minimum atomic E-state index is -0.340. The van der Waals surface area contributed by atoms with Crippen molar-refractivity contribution in [2.45, 2.75) is 25.5 Å². The van der Waals surface area contributed by atoms with Gasteiger partial charge in [-0.25, -0.2) is 4.39 Å².